The summed E-state index contributed by atoms with van der Waals surface area (Å²) >= 11 is 0. The summed E-state index contributed by atoms with van der Waals surface area (Å²) in [7, 11) is 0. The summed E-state index contributed by atoms with van der Waals surface area (Å²) in [5.74, 6) is 0. The number of hydrogen-bond donors (Lipinski definition) is 0. The van der Waals surface area contributed by atoms with E-state index in [1.165, 1.54) is 43.1 Å². The van der Waals surface area contributed by atoms with Crippen LogP contribution in [0.4, 0.5) is 0 Å². The molecule has 0 bridgehead atoms. The van der Waals surface area contributed by atoms with Crippen molar-refractivity contribution in [2.24, 2.45) is 0 Å². The molecule has 0 spiro atoms. The van der Waals surface area contributed by atoms with Crippen molar-refractivity contribution in [3.05, 3.63) is 184 Å². The molecule has 0 radical (unpaired) electrons. The first-order chi connectivity index (χ1) is 19.9. The van der Waals surface area contributed by atoms with Crippen molar-refractivity contribution in [3.63, 3.8) is 0 Å². The number of halogens is 2. The molecule has 0 amide bonds. The van der Waals surface area contributed by atoms with Crippen molar-refractivity contribution in [1.29, 1.82) is 0 Å². The van der Waals surface area contributed by atoms with Gasteiger partial charge in [-0.3, -0.25) is 0 Å². The normalized spacial score (nSPS) is 8.64. The summed E-state index contributed by atoms with van der Waals surface area (Å²) in [5.41, 5.74) is 0. The second-order valence-corrected chi connectivity index (χ2v) is 8.62. The summed E-state index contributed by atoms with van der Waals surface area (Å²) in [6.45, 7) is 10.0. The Morgan fingerprint density at radius 1 is 0.318 bits per heavy atom. The molecule has 0 nitrogen and oxygen atoms in total. The zero-order valence-electron chi connectivity index (χ0n) is 25.3. The Morgan fingerprint density at radius 3 is 0.682 bits per heavy atom. The molecule has 0 saturated carbocycles. The van der Waals surface area contributed by atoms with Gasteiger partial charge in [-0.05, 0) is 0 Å². The first-order valence-electron chi connectivity index (χ1n) is 13.7. The molecule has 0 fully saturated rings. The maximum absolute atomic E-state index is 3.25. The zero-order valence-corrected chi connectivity index (χ0v) is 34.0. The predicted octanol–water partition coefficient (Wildman–Crippen LogP) is 5.92. The van der Waals surface area contributed by atoms with Crippen LogP contribution in [0.5, 0.6) is 0 Å². The van der Waals surface area contributed by atoms with Crippen LogP contribution in [0.1, 0.15) is 13.8 Å². The van der Waals surface area contributed by atoms with Crippen LogP contribution in [0.25, 0.3) is 43.1 Å². The number of benzene rings is 4. The third kappa shape index (κ3) is 13.7. The summed E-state index contributed by atoms with van der Waals surface area (Å²) in [6.07, 6.45) is 0. The topological polar surface area (TPSA) is 0 Å². The minimum atomic E-state index is 0. The third-order valence-corrected chi connectivity index (χ3v) is 6.19. The molecule has 0 aliphatic heterocycles. The van der Waals surface area contributed by atoms with E-state index in [1.54, 1.807) is 13.8 Å². The van der Waals surface area contributed by atoms with E-state index in [9.17, 15) is 0 Å². The number of hydrogen-bond acceptors (Lipinski definition) is 0. The monoisotopic (exact) mass is 948 g/mol. The fourth-order valence-electron chi connectivity index (χ4n) is 4.28. The third-order valence-electron chi connectivity index (χ3n) is 6.19. The average molecular weight is 947 g/mol. The van der Waals surface area contributed by atoms with Crippen molar-refractivity contribution in [2.75, 3.05) is 0 Å². The fraction of sp³-hybridized carbons (Fsp3) is 0.0500. The van der Waals surface area contributed by atoms with Gasteiger partial charge in [-0.15, -0.1) is 119 Å². The summed E-state index contributed by atoms with van der Waals surface area (Å²) in [5, 5.41) is 10.6. The molecule has 8 rings (SSSR count). The first-order valence-corrected chi connectivity index (χ1v) is 13.7. The van der Waals surface area contributed by atoms with Gasteiger partial charge in [-0.25, -0.2) is 0 Å². The van der Waals surface area contributed by atoms with Crippen molar-refractivity contribution in [2.45, 2.75) is 13.8 Å². The second kappa shape index (κ2) is 25.9. The van der Waals surface area contributed by atoms with E-state index in [0.29, 0.717) is 0 Å². The van der Waals surface area contributed by atoms with Gasteiger partial charge in [0.05, 0.1) is 0 Å². The fourth-order valence-corrected chi connectivity index (χ4v) is 4.28. The van der Waals surface area contributed by atoms with Gasteiger partial charge in [0.15, 0.2) is 0 Å². The molecule has 0 heterocycles. The van der Waals surface area contributed by atoms with Crippen LogP contribution < -0.4 is 24.8 Å². The van der Waals surface area contributed by atoms with Crippen LogP contribution in [-0.4, -0.2) is 0 Å². The van der Waals surface area contributed by atoms with Crippen molar-refractivity contribution in [1.82, 2.24) is 0 Å². The van der Waals surface area contributed by atoms with E-state index < -0.39 is 0 Å². The van der Waals surface area contributed by atoms with Gasteiger partial charge < -0.3 is 38.7 Å². The Hall–Kier alpha value is -2.36. The molecule has 0 aliphatic rings. The van der Waals surface area contributed by atoms with E-state index in [4.69, 9.17) is 0 Å². The molecule has 0 atom stereocenters. The Morgan fingerprint density at radius 2 is 0.500 bits per heavy atom. The van der Waals surface area contributed by atoms with Crippen molar-refractivity contribution >= 4 is 43.1 Å². The molecule has 0 saturated heterocycles. The Bertz CT molecular complexity index is 1380. The van der Waals surface area contributed by atoms with Crippen LogP contribution in [0.2, 0.25) is 0 Å². The number of fused-ring (bicyclic) bond motifs is 4. The van der Waals surface area contributed by atoms with Crippen molar-refractivity contribution in [3.8, 4) is 0 Å². The van der Waals surface area contributed by atoms with E-state index in [0.717, 1.165) is 0 Å². The zero-order chi connectivity index (χ0) is 28.4. The number of rotatable bonds is 0. The van der Waals surface area contributed by atoms with Gasteiger partial charge in [-0.1, -0.05) is 24.3 Å². The summed E-state index contributed by atoms with van der Waals surface area (Å²) in [4.78, 5) is 0. The molecule has 0 aliphatic carbocycles. The van der Waals surface area contributed by atoms with Crippen LogP contribution in [0.15, 0.2) is 170 Å². The Balaban J connectivity index is 0. The molecule has 44 heavy (non-hydrogen) atoms. The Labute approximate surface area is 314 Å². The second-order valence-electron chi connectivity index (χ2n) is 8.62. The van der Waals surface area contributed by atoms with Crippen LogP contribution >= 0.6 is 0 Å². The molecule has 0 N–H and O–H groups in total. The molecular formula is C40H38Cl2Hf2. The van der Waals surface area contributed by atoms with Gasteiger partial charge in [0.2, 0.25) is 0 Å². The van der Waals surface area contributed by atoms with Crippen molar-refractivity contribution < 1.29 is 76.5 Å². The first kappa shape index (κ1) is 43.8. The van der Waals surface area contributed by atoms with Gasteiger partial charge in [0.1, 0.15) is 0 Å². The molecule has 8 aromatic rings. The Kier molecular flexibility index (Phi) is 25.8. The van der Waals surface area contributed by atoms with Gasteiger partial charge in [-0.2, -0.15) is 83.9 Å². The van der Waals surface area contributed by atoms with Gasteiger partial charge in [0, 0.05) is 0 Å². The smallest absolute Gasteiger partial charge is 1.00 e. The molecular weight excluding hydrogens is 908 g/mol. The molecule has 0 aromatic heterocycles. The summed E-state index contributed by atoms with van der Waals surface area (Å²) in [6, 6.07) is 58.7. The molecule has 220 valence electrons. The van der Waals surface area contributed by atoms with Crippen LogP contribution in [0.3, 0.4) is 0 Å². The van der Waals surface area contributed by atoms with Gasteiger partial charge >= 0.3 is 51.7 Å². The molecule has 8 aromatic carbocycles. The minimum absolute atomic E-state index is 0. The standard InChI is InChI=1S/4C9H7.2C2H5.2ClH.2Hf/c4*1-2-5-9-7-3-6-8(9)4-1;2*1-2;;;;/h4*1-7H;2*1H2,2H3;2*1H;;/q6*-1;;;2*+4/p-2. The minimum Gasteiger partial charge on any atom is -1.00 e. The molecule has 0 unspecified atom stereocenters. The summed E-state index contributed by atoms with van der Waals surface area (Å²) < 4.78 is 0. The van der Waals surface area contributed by atoms with E-state index >= 15 is 0 Å². The van der Waals surface area contributed by atoms with Crippen LogP contribution in [-0.2, 0) is 51.7 Å². The quantitative estimate of drug-likeness (QED) is 0.131. The average Bonchev–Trinajstić information content (AvgIpc) is 3.86. The predicted molar refractivity (Wildman–Crippen MR) is 180 cm³/mol. The van der Waals surface area contributed by atoms with Crippen LogP contribution in [0, 0.1) is 13.8 Å². The van der Waals surface area contributed by atoms with Gasteiger partial charge in [0.25, 0.3) is 0 Å². The maximum Gasteiger partial charge on any atom is 4.00 e. The molecule has 4 heteroatoms. The maximum atomic E-state index is 3.25. The van der Waals surface area contributed by atoms with E-state index in [2.05, 4.69) is 184 Å². The SMILES string of the molecule is [CH2-]C.[CH2-]C.[Cl-].[Cl-].[Hf+4].[Hf+4].c1ccc2[cH-]ccc2c1.c1ccc2[cH-]ccc2c1.c1ccc2[cH-]ccc2c1.c1ccc2[cH-]ccc2c1. The largest absolute Gasteiger partial charge is 4.00 e. The van der Waals surface area contributed by atoms with E-state index in [-0.39, 0.29) is 76.5 Å². The van der Waals surface area contributed by atoms with E-state index in [1.807, 2.05) is 0 Å².